The molecule has 4 heteroatoms. The minimum atomic E-state index is -0.257. The van der Waals surface area contributed by atoms with E-state index in [2.05, 4.69) is 0 Å². The Morgan fingerprint density at radius 1 is 1.00 bits per heavy atom. The lowest BCUT2D eigenvalue weighted by molar-refractivity contribution is 0.225. The molecule has 0 aliphatic rings. The quantitative estimate of drug-likeness (QED) is 0.860. The van der Waals surface area contributed by atoms with Gasteiger partial charge >= 0.3 is 0 Å². The summed E-state index contributed by atoms with van der Waals surface area (Å²) in [6.45, 7) is 0.0419. The molecule has 0 fully saturated rings. The fraction of sp³-hybridized carbons (Fsp3) is 0.250. The van der Waals surface area contributed by atoms with Gasteiger partial charge < -0.3 is 5.11 Å². The molecule has 2 aromatic carbocycles. The van der Waals surface area contributed by atoms with Gasteiger partial charge in [0.25, 0.3) is 0 Å². The number of halogens is 3. The van der Waals surface area contributed by atoms with Crippen LogP contribution in [0.2, 0.25) is 10.0 Å². The van der Waals surface area contributed by atoms with Gasteiger partial charge in [0, 0.05) is 6.61 Å². The standard InChI is InChI=1S/C16H15Cl2FO/c17-15-3-1-2-13(16(15)18)9-12(10-20)8-11-4-6-14(19)7-5-11/h1-7,12,20H,8-10H2. The summed E-state index contributed by atoms with van der Waals surface area (Å²) < 4.78 is 12.9. The highest BCUT2D eigenvalue weighted by Gasteiger charge is 2.13. The lowest BCUT2D eigenvalue weighted by atomic mass is 9.93. The summed E-state index contributed by atoms with van der Waals surface area (Å²) in [5.74, 6) is -0.233. The normalized spacial score (nSPS) is 12.4. The Labute approximate surface area is 128 Å². The van der Waals surface area contributed by atoms with Crippen molar-refractivity contribution in [3.63, 3.8) is 0 Å². The van der Waals surface area contributed by atoms with Crippen molar-refractivity contribution in [3.8, 4) is 0 Å². The molecule has 0 amide bonds. The van der Waals surface area contributed by atoms with Crippen LogP contribution < -0.4 is 0 Å². The molecule has 0 aliphatic carbocycles. The summed E-state index contributed by atoms with van der Waals surface area (Å²) in [6.07, 6.45) is 1.30. The zero-order valence-electron chi connectivity index (χ0n) is 10.8. The molecule has 0 radical (unpaired) electrons. The summed E-state index contributed by atoms with van der Waals surface area (Å²) in [5.41, 5.74) is 1.91. The predicted molar refractivity (Wildman–Crippen MR) is 80.8 cm³/mol. The van der Waals surface area contributed by atoms with Crippen molar-refractivity contribution in [2.45, 2.75) is 12.8 Å². The first-order chi connectivity index (χ1) is 9.60. The Kier molecular flexibility index (Phi) is 5.41. The van der Waals surface area contributed by atoms with Crippen molar-refractivity contribution < 1.29 is 9.50 Å². The molecule has 1 unspecified atom stereocenters. The van der Waals surface area contributed by atoms with Crippen LogP contribution >= 0.6 is 23.2 Å². The molecule has 2 rings (SSSR count). The summed E-state index contributed by atoms with van der Waals surface area (Å²) in [7, 11) is 0. The Morgan fingerprint density at radius 2 is 1.70 bits per heavy atom. The molecule has 2 aromatic rings. The van der Waals surface area contributed by atoms with Crippen molar-refractivity contribution in [2.24, 2.45) is 5.92 Å². The van der Waals surface area contributed by atoms with E-state index in [1.165, 1.54) is 12.1 Å². The van der Waals surface area contributed by atoms with Crippen molar-refractivity contribution >= 4 is 23.2 Å². The van der Waals surface area contributed by atoms with Crippen LogP contribution in [0.3, 0.4) is 0 Å². The highest BCUT2D eigenvalue weighted by Crippen LogP contribution is 2.28. The number of rotatable bonds is 5. The van der Waals surface area contributed by atoms with Crippen LogP contribution in [0.15, 0.2) is 42.5 Å². The molecule has 0 saturated carbocycles. The van der Waals surface area contributed by atoms with Gasteiger partial charge in [0.2, 0.25) is 0 Å². The fourth-order valence-corrected chi connectivity index (χ4v) is 2.57. The predicted octanol–water partition coefficient (Wildman–Crippen LogP) is 4.53. The van der Waals surface area contributed by atoms with Crippen LogP contribution in [0.5, 0.6) is 0 Å². The largest absolute Gasteiger partial charge is 0.396 e. The topological polar surface area (TPSA) is 20.2 Å². The van der Waals surface area contributed by atoms with Crippen molar-refractivity contribution in [1.82, 2.24) is 0 Å². The third-order valence-corrected chi connectivity index (χ3v) is 4.09. The zero-order valence-corrected chi connectivity index (χ0v) is 12.3. The Morgan fingerprint density at radius 3 is 2.35 bits per heavy atom. The summed E-state index contributed by atoms with van der Waals surface area (Å²) >= 11 is 12.1. The van der Waals surface area contributed by atoms with Crippen LogP contribution in [0.4, 0.5) is 4.39 Å². The van der Waals surface area contributed by atoms with Gasteiger partial charge in [0.05, 0.1) is 10.0 Å². The average molecular weight is 313 g/mol. The van der Waals surface area contributed by atoms with E-state index >= 15 is 0 Å². The van der Waals surface area contributed by atoms with Gasteiger partial charge in [-0.1, -0.05) is 47.5 Å². The second-order valence-corrected chi connectivity index (χ2v) is 5.58. The highest BCUT2D eigenvalue weighted by molar-refractivity contribution is 6.42. The lowest BCUT2D eigenvalue weighted by Crippen LogP contribution is -2.13. The van der Waals surface area contributed by atoms with Gasteiger partial charge in [-0.2, -0.15) is 0 Å². The van der Waals surface area contributed by atoms with E-state index in [9.17, 15) is 9.50 Å². The van der Waals surface area contributed by atoms with Gasteiger partial charge in [-0.15, -0.1) is 0 Å². The molecule has 1 nitrogen and oxygen atoms in total. The molecule has 106 valence electrons. The molecule has 0 bridgehead atoms. The number of aliphatic hydroxyl groups excluding tert-OH is 1. The Hall–Kier alpha value is -1.09. The number of benzene rings is 2. The lowest BCUT2D eigenvalue weighted by Gasteiger charge is -2.15. The summed E-state index contributed by atoms with van der Waals surface area (Å²) in [4.78, 5) is 0. The van der Waals surface area contributed by atoms with Gasteiger partial charge in [0.15, 0.2) is 0 Å². The second kappa shape index (κ2) is 7.07. The maximum absolute atomic E-state index is 12.9. The number of hydrogen-bond acceptors (Lipinski definition) is 1. The Bertz CT molecular complexity index is 569. The van der Waals surface area contributed by atoms with Crippen LogP contribution in [-0.4, -0.2) is 11.7 Å². The molecular weight excluding hydrogens is 298 g/mol. The molecule has 0 spiro atoms. The van der Waals surface area contributed by atoms with Gasteiger partial charge in [-0.05, 0) is 48.1 Å². The second-order valence-electron chi connectivity index (χ2n) is 4.80. The minimum Gasteiger partial charge on any atom is -0.396 e. The molecule has 0 heterocycles. The molecule has 0 aliphatic heterocycles. The molecule has 1 atom stereocenters. The molecule has 1 N–H and O–H groups in total. The van der Waals surface area contributed by atoms with Crippen LogP contribution in [0.1, 0.15) is 11.1 Å². The average Bonchev–Trinajstić information content (AvgIpc) is 2.45. The zero-order chi connectivity index (χ0) is 14.5. The first kappa shape index (κ1) is 15.3. The van der Waals surface area contributed by atoms with Crippen molar-refractivity contribution in [1.29, 1.82) is 0 Å². The van der Waals surface area contributed by atoms with Crippen LogP contribution in [0.25, 0.3) is 0 Å². The van der Waals surface area contributed by atoms with E-state index in [0.717, 1.165) is 11.1 Å². The van der Waals surface area contributed by atoms with E-state index in [-0.39, 0.29) is 18.3 Å². The fourth-order valence-electron chi connectivity index (χ4n) is 2.17. The van der Waals surface area contributed by atoms with Crippen LogP contribution in [0, 0.1) is 11.7 Å². The van der Waals surface area contributed by atoms with Crippen LogP contribution in [-0.2, 0) is 12.8 Å². The van der Waals surface area contributed by atoms with E-state index in [4.69, 9.17) is 23.2 Å². The molecular formula is C16H15Cl2FO. The smallest absolute Gasteiger partial charge is 0.123 e. The molecule has 0 saturated heterocycles. The third kappa shape index (κ3) is 3.95. The van der Waals surface area contributed by atoms with Gasteiger partial charge in [-0.25, -0.2) is 4.39 Å². The maximum Gasteiger partial charge on any atom is 0.123 e. The summed E-state index contributed by atoms with van der Waals surface area (Å²) in [6, 6.07) is 11.8. The van der Waals surface area contributed by atoms with Gasteiger partial charge in [-0.3, -0.25) is 0 Å². The minimum absolute atomic E-state index is 0.0245. The van der Waals surface area contributed by atoms with E-state index < -0.39 is 0 Å². The van der Waals surface area contributed by atoms with Gasteiger partial charge in [0.1, 0.15) is 5.82 Å². The highest BCUT2D eigenvalue weighted by atomic mass is 35.5. The first-order valence-corrected chi connectivity index (χ1v) is 7.14. The molecule has 0 aromatic heterocycles. The first-order valence-electron chi connectivity index (χ1n) is 6.38. The molecule has 20 heavy (non-hydrogen) atoms. The SMILES string of the molecule is OCC(Cc1ccc(F)cc1)Cc1cccc(Cl)c1Cl. The van der Waals surface area contributed by atoms with E-state index in [1.807, 2.05) is 12.1 Å². The van der Waals surface area contributed by atoms with E-state index in [0.29, 0.717) is 22.9 Å². The monoisotopic (exact) mass is 312 g/mol. The number of hydrogen-bond donors (Lipinski definition) is 1. The van der Waals surface area contributed by atoms with Crippen molar-refractivity contribution in [3.05, 3.63) is 69.5 Å². The number of aliphatic hydroxyl groups is 1. The third-order valence-electron chi connectivity index (χ3n) is 3.24. The maximum atomic E-state index is 12.9. The van der Waals surface area contributed by atoms with E-state index in [1.54, 1.807) is 18.2 Å². The summed E-state index contributed by atoms with van der Waals surface area (Å²) in [5, 5.41) is 10.6. The Balaban J connectivity index is 2.09. The van der Waals surface area contributed by atoms with Crippen molar-refractivity contribution in [2.75, 3.05) is 6.61 Å².